The Bertz CT molecular complexity index is 4220. The molecule has 0 spiro atoms. The predicted molar refractivity (Wildman–Crippen MR) is 322 cm³/mol. The van der Waals surface area contributed by atoms with Gasteiger partial charge in [-0.05, 0) is 180 Å². The molecular weight excluding hydrogens is 905 g/mol. The van der Waals surface area contributed by atoms with E-state index in [2.05, 4.69) is 302 Å². The van der Waals surface area contributed by atoms with Crippen molar-refractivity contribution < 1.29 is 0 Å². The molecule has 0 bridgehead atoms. The maximum Gasteiger partial charge on any atom is 0.0547 e. The molecule has 1 aromatic heterocycles. The summed E-state index contributed by atoms with van der Waals surface area (Å²) < 4.78 is 2.41. The second-order valence-corrected chi connectivity index (χ2v) is 19.4. The number of benzene rings is 12. The number of rotatable bonds is 11. The highest BCUT2D eigenvalue weighted by Crippen LogP contribution is 2.45. The molecule has 0 amide bonds. The van der Waals surface area contributed by atoms with Crippen molar-refractivity contribution in [1.29, 1.82) is 0 Å². The Morgan fingerprint density at radius 1 is 0.360 bits per heavy atom. The summed E-state index contributed by atoms with van der Waals surface area (Å²) in [7, 11) is 0. The lowest BCUT2D eigenvalue weighted by atomic mass is 9.93. The molecule has 13 rings (SSSR count). The summed E-state index contributed by atoms with van der Waals surface area (Å²) in [4.78, 5) is 2.40. The first kappa shape index (κ1) is 45.1. The van der Waals surface area contributed by atoms with Crippen LogP contribution in [0, 0.1) is 6.92 Å². The topological polar surface area (TPSA) is 8.17 Å². The van der Waals surface area contributed by atoms with Gasteiger partial charge in [-0.25, -0.2) is 0 Å². The fraction of sp³-hybridized carbons (Fsp3) is 0.0137. The van der Waals surface area contributed by atoms with Gasteiger partial charge in [-0.3, -0.25) is 0 Å². The zero-order valence-corrected chi connectivity index (χ0v) is 41.7. The Hall–Kier alpha value is -9.76. The zero-order chi connectivity index (χ0) is 50.2. The molecule has 75 heavy (non-hydrogen) atoms. The molecule has 0 radical (unpaired) electrons. The molecule has 0 aliphatic heterocycles. The molecule has 0 saturated carbocycles. The molecule has 0 aliphatic carbocycles. The van der Waals surface area contributed by atoms with E-state index in [1.807, 2.05) is 6.08 Å². The van der Waals surface area contributed by atoms with Gasteiger partial charge in [0, 0.05) is 33.5 Å². The quantitative estimate of drug-likeness (QED) is 0.0926. The minimum atomic E-state index is 1.06. The lowest BCUT2D eigenvalue weighted by Gasteiger charge is -2.27. The monoisotopic (exact) mass is 956 g/mol. The van der Waals surface area contributed by atoms with Gasteiger partial charge >= 0.3 is 0 Å². The summed E-state index contributed by atoms with van der Waals surface area (Å²) in [5.41, 5.74) is 20.9. The van der Waals surface area contributed by atoms with Crippen LogP contribution in [0.2, 0.25) is 0 Å². The average Bonchev–Trinajstić information content (AvgIpc) is 3.83. The van der Waals surface area contributed by atoms with E-state index in [9.17, 15) is 0 Å². The molecule has 354 valence electrons. The number of nitrogens with zero attached hydrogens (tertiary/aromatic N) is 2. The molecule has 1 heterocycles. The minimum absolute atomic E-state index is 1.06. The number of hydrogen-bond donors (Lipinski definition) is 0. The normalized spacial score (nSPS) is 11.5. The Balaban J connectivity index is 0.978. The lowest BCUT2D eigenvalue weighted by molar-refractivity contribution is 1.18. The van der Waals surface area contributed by atoms with Crippen molar-refractivity contribution in [3.63, 3.8) is 0 Å². The van der Waals surface area contributed by atoms with Crippen LogP contribution in [0.1, 0.15) is 11.1 Å². The van der Waals surface area contributed by atoms with E-state index >= 15 is 0 Å². The molecular formula is C73H52N2. The van der Waals surface area contributed by atoms with E-state index < -0.39 is 0 Å². The third-order valence-corrected chi connectivity index (χ3v) is 14.9. The Morgan fingerprint density at radius 2 is 0.893 bits per heavy atom. The number of para-hydroxylation sites is 1. The number of allylic oxidation sites excluding steroid dienone is 2. The highest BCUT2D eigenvalue weighted by atomic mass is 15.1. The third-order valence-electron chi connectivity index (χ3n) is 14.9. The zero-order valence-electron chi connectivity index (χ0n) is 41.7. The Labute approximate surface area is 438 Å². The molecule has 2 nitrogen and oxygen atoms in total. The van der Waals surface area contributed by atoms with Gasteiger partial charge in [-0.15, -0.1) is 0 Å². The molecule has 2 heteroatoms. The first-order chi connectivity index (χ1) is 37.1. The highest BCUT2D eigenvalue weighted by Gasteiger charge is 2.21. The summed E-state index contributed by atoms with van der Waals surface area (Å²) in [6.07, 6.45) is 6.12. The smallest absolute Gasteiger partial charge is 0.0547 e. The van der Waals surface area contributed by atoms with Gasteiger partial charge in [-0.1, -0.05) is 207 Å². The van der Waals surface area contributed by atoms with Gasteiger partial charge < -0.3 is 9.47 Å². The lowest BCUT2D eigenvalue weighted by Crippen LogP contribution is -2.10. The van der Waals surface area contributed by atoms with Gasteiger partial charge in [0.15, 0.2) is 0 Å². The van der Waals surface area contributed by atoms with Gasteiger partial charge in [-0.2, -0.15) is 0 Å². The van der Waals surface area contributed by atoms with E-state index in [0.717, 1.165) is 39.4 Å². The number of aromatic nitrogens is 1. The van der Waals surface area contributed by atoms with E-state index in [1.165, 1.54) is 93.5 Å². The number of hydrogen-bond acceptors (Lipinski definition) is 1. The summed E-state index contributed by atoms with van der Waals surface area (Å²) in [6.45, 7) is 6.24. The van der Waals surface area contributed by atoms with Crippen molar-refractivity contribution >= 4 is 66.5 Å². The second-order valence-electron chi connectivity index (χ2n) is 19.4. The molecule has 0 aliphatic rings. The fourth-order valence-corrected chi connectivity index (χ4v) is 11.3. The van der Waals surface area contributed by atoms with E-state index in [0.29, 0.717) is 0 Å². The predicted octanol–water partition coefficient (Wildman–Crippen LogP) is 20.4. The summed E-state index contributed by atoms with van der Waals surface area (Å²) >= 11 is 0. The molecule has 0 N–H and O–H groups in total. The molecule has 0 atom stereocenters. The standard InChI is InChI=1S/C73H52N2/c1-3-4-29-64-50(2)35-44-71-72(64)73-66(33-19-34-70(73)75(71)60-26-12-7-13-27-60)55-25-18-28-63(48-55)74(62-42-38-54(39-43-62)69-49-56-24-14-15-30-65(56)67-31-16-17-32-68(67)69)61-40-36-53(37-41-61)59-46-57(51-20-8-5-9-21-51)45-58(47-59)52-22-10-6-11-23-52/h3-49H,1H2,2H3/b29-4-. The van der Waals surface area contributed by atoms with Gasteiger partial charge in [0.1, 0.15) is 0 Å². The van der Waals surface area contributed by atoms with Crippen LogP contribution in [-0.2, 0) is 0 Å². The van der Waals surface area contributed by atoms with E-state index in [-0.39, 0.29) is 0 Å². The maximum absolute atomic E-state index is 4.04. The molecule has 0 unspecified atom stereocenters. The molecule has 0 saturated heterocycles. The molecule has 13 aromatic rings. The van der Waals surface area contributed by atoms with Crippen molar-refractivity contribution in [2.24, 2.45) is 0 Å². The fourth-order valence-electron chi connectivity index (χ4n) is 11.3. The van der Waals surface area contributed by atoms with Crippen LogP contribution in [0.15, 0.2) is 286 Å². The summed E-state index contributed by atoms with van der Waals surface area (Å²) in [5.74, 6) is 0. The Kier molecular flexibility index (Phi) is 11.6. The van der Waals surface area contributed by atoms with Crippen LogP contribution in [-0.4, -0.2) is 4.57 Å². The average molecular weight is 957 g/mol. The van der Waals surface area contributed by atoms with E-state index in [1.54, 1.807) is 0 Å². The van der Waals surface area contributed by atoms with Crippen LogP contribution in [0.4, 0.5) is 17.1 Å². The van der Waals surface area contributed by atoms with Crippen LogP contribution >= 0.6 is 0 Å². The Morgan fingerprint density at radius 3 is 1.55 bits per heavy atom. The van der Waals surface area contributed by atoms with Gasteiger partial charge in [0.05, 0.1) is 11.0 Å². The van der Waals surface area contributed by atoms with Crippen molar-refractivity contribution in [1.82, 2.24) is 4.57 Å². The van der Waals surface area contributed by atoms with Crippen molar-refractivity contribution in [3.05, 3.63) is 297 Å². The van der Waals surface area contributed by atoms with Crippen molar-refractivity contribution in [3.8, 4) is 61.3 Å². The van der Waals surface area contributed by atoms with Crippen LogP contribution in [0.25, 0.3) is 111 Å². The maximum atomic E-state index is 4.04. The SMILES string of the molecule is C=C/C=C\c1c(C)ccc2c1c1c(-c3cccc(N(c4ccc(-c5cc(-c6ccccc6)cc(-c6ccccc6)c5)cc4)c4ccc(-c5cc6ccccc6c6ccccc56)cc4)c3)cccc1n2-c1ccccc1. The first-order valence-corrected chi connectivity index (χ1v) is 25.8. The van der Waals surface area contributed by atoms with Crippen molar-refractivity contribution in [2.75, 3.05) is 4.90 Å². The van der Waals surface area contributed by atoms with Crippen LogP contribution < -0.4 is 4.90 Å². The minimum Gasteiger partial charge on any atom is -0.310 e. The van der Waals surface area contributed by atoms with Gasteiger partial charge in [0.25, 0.3) is 0 Å². The van der Waals surface area contributed by atoms with Crippen LogP contribution in [0.5, 0.6) is 0 Å². The third kappa shape index (κ3) is 8.29. The van der Waals surface area contributed by atoms with E-state index in [4.69, 9.17) is 0 Å². The molecule has 12 aromatic carbocycles. The first-order valence-electron chi connectivity index (χ1n) is 25.8. The molecule has 0 fully saturated rings. The second kappa shape index (κ2) is 19.3. The van der Waals surface area contributed by atoms with Crippen LogP contribution in [0.3, 0.4) is 0 Å². The van der Waals surface area contributed by atoms with Gasteiger partial charge in [0.2, 0.25) is 0 Å². The summed E-state index contributed by atoms with van der Waals surface area (Å²) in [6, 6.07) is 97.5. The number of aryl methyl sites for hydroxylation is 1. The number of fused-ring (bicyclic) bond motifs is 6. The van der Waals surface area contributed by atoms with Crippen molar-refractivity contribution in [2.45, 2.75) is 6.92 Å². The largest absolute Gasteiger partial charge is 0.310 e. The number of anilines is 3. The highest BCUT2D eigenvalue weighted by molar-refractivity contribution is 6.19. The summed E-state index contributed by atoms with van der Waals surface area (Å²) in [5, 5.41) is 7.46.